The van der Waals surface area contributed by atoms with Crippen LogP contribution in [0.25, 0.3) is 0 Å². The van der Waals surface area contributed by atoms with Crippen molar-refractivity contribution in [3.8, 4) is 0 Å². The molecular formula is C3H6Si3. The van der Waals surface area contributed by atoms with Gasteiger partial charge < -0.3 is 0 Å². The first-order valence-corrected chi connectivity index (χ1v) is 7.62. The van der Waals surface area contributed by atoms with Crippen molar-refractivity contribution >= 4 is 26.6 Å². The van der Waals surface area contributed by atoms with Gasteiger partial charge in [0.05, 0.1) is 0 Å². The van der Waals surface area contributed by atoms with Crippen LogP contribution in [0.4, 0.5) is 0 Å². The van der Waals surface area contributed by atoms with Gasteiger partial charge in [0.2, 0.25) is 0 Å². The molecule has 0 aromatic heterocycles. The highest BCUT2D eigenvalue weighted by Crippen LogP contribution is 1.98. The molecule has 0 spiro atoms. The van der Waals surface area contributed by atoms with E-state index in [-0.39, 0.29) is 0 Å². The van der Waals surface area contributed by atoms with Gasteiger partial charge in [-0.05, 0) is 0 Å². The van der Waals surface area contributed by atoms with Crippen LogP contribution in [0.3, 0.4) is 0 Å². The molecule has 30 valence electrons. The molecule has 0 aromatic carbocycles. The zero-order chi connectivity index (χ0) is 4.24. The van der Waals surface area contributed by atoms with Crippen LogP contribution in [-0.4, -0.2) is 26.6 Å². The molecule has 0 amide bonds. The monoisotopic (exact) mass is 126 g/mol. The van der Waals surface area contributed by atoms with E-state index >= 15 is 0 Å². The second-order valence-corrected chi connectivity index (χ2v) is 8.41. The highest BCUT2D eigenvalue weighted by molar-refractivity contribution is 7.29. The molecule has 0 aromatic rings. The average molecular weight is 126 g/mol. The first-order chi connectivity index (χ1) is 3.00. The molecule has 1 saturated heterocycles. The van der Waals surface area contributed by atoms with Crippen LogP contribution in [0.15, 0.2) is 0 Å². The molecule has 1 heterocycles. The minimum Gasteiger partial charge on any atom is -0.0643 e. The maximum atomic E-state index is 1.55. The molecule has 0 aliphatic carbocycles. The molecule has 1 aliphatic heterocycles. The molecule has 0 nitrogen and oxygen atoms in total. The summed E-state index contributed by atoms with van der Waals surface area (Å²) in [6.45, 7) is 0. The fraction of sp³-hybridized carbons (Fsp3) is 1.00. The maximum absolute atomic E-state index is 1.55. The van der Waals surface area contributed by atoms with E-state index in [1.807, 2.05) is 0 Å². The van der Waals surface area contributed by atoms with E-state index < -0.39 is 0 Å². The van der Waals surface area contributed by atoms with Crippen molar-refractivity contribution < 1.29 is 0 Å². The Hall–Kier alpha value is 0.651. The smallest absolute Gasteiger partial charge is 0.0183 e. The summed E-state index contributed by atoms with van der Waals surface area (Å²) < 4.78 is 0. The summed E-state index contributed by atoms with van der Waals surface area (Å²) in [5.74, 6) is 0. The van der Waals surface area contributed by atoms with Gasteiger partial charge in [-0.1, -0.05) is 18.5 Å². The van der Waals surface area contributed by atoms with Crippen LogP contribution in [0, 0.1) is 0 Å². The van der Waals surface area contributed by atoms with Gasteiger partial charge in [0, 0.05) is 26.6 Å². The summed E-state index contributed by atoms with van der Waals surface area (Å²) in [6.07, 6.45) is 1.53. The van der Waals surface area contributed by atoms with E-state index in [4.69, 9.17) is 0 Å². The Morgan fingerprint density at radius 1 is 1.00 bits per heavy atom. The van der Waals surface area contributed by atoms with E-state index in [0.29, 0.717) is 0 Å². The molecule has 6 radical (unpaired) electrons. The molecule has 1 aliphatic rings. The van der Waals surface area contributed by atoms with Gasteiger partial charge in [0.1, 0.15) is 0 Å². The van der Waals surface area contributed by atoms with Crippen molar-refractivity contribution in [3.05, 3.63) is 0 Å². The third-order valence-corrected chi connectivity index (χ3v) is 8.08. The normalized spacial score (nSPS) is 24.0. The van der Waals surface area contributed by atoms with E-state index in [9.17, 15) is 0 Å². The van der Waals surface area contributed by atoms with Crippen LogP contribution in [0.2, 0.25) is 12.1 Å². The average Bonchev–Trinajstić information content (AvgIpc) is 1.72. The van der Waals surface area contributed by atoms with Crippen LogP contribution in [0.1, 0.15) is 6.42 Å². The minimum absolute atomic E-state index is 1.34. The Morgan fingerprint density at radius 3 is 1.83 bits per heavy atom. The van der Waals surface area contributed by atoms with Gasteiger partial charge in [-0.3, -0.25) is 0 Å². The van der Waals surface area contributed by atoms with Gasteiger partial charge in [0.15, 0.2) is 0 Å². The maximum Gasteiger partial charge on any atom is 0.0183 e. The van der Waals surface area contributed by atoms with E-state index in [1.54, 1.807) is 12.1 Å². The third kappa shape index (κ3) is 1.40. The minimum atomic E-state index is 1.34. The quantitative estimate of drug-likeness (QED) is 0.406. The lowest BCUT2D eigenvalue weighted by Gasteiger charge is -2.02. The zero-order valence-corrected chi connectivity index (χ0v) is 6.62. The second kappa shape index (κ2) is 2.76. The van der Waals surface area contributed by atoms with E-state index in [1.165, 1.54) is 33.0 Å². The summed E-state index contributed by atoms with van der Waals surface area (Å²) in [4.78, 5) is 0. The Morgan fingerprint density at radius 2 is 1.67 bits per heavy atom. The molecule has 0 saturated carbocycles. The highest BCUT2D eigenvalue weighted by atomic mass is 29.5. The lowest BCUT2D eigenvalue weighted by molar-refractivity contribution is 1.07. The third-order valence-electron chi connectivity index (χ3n) is 0.780. The van der Waals surface area contributed by atoms with Crippen LogP contribution in [0.5, 0.6) is 0 Å². The summed E-state index contributed by atoms with van der Waals surface area (Å²) in [7, 11) is 4.04. The Kier molecular flexibility index (Phi) is 2.21. The van der Waals surface area contributed by atoms with Crippen molar-refractivity contribution in [2.75, 3.05) is 0 Å². The molecule has 1 rings (SSSR count). The van der Waals surface area contributed by atoms with Crippen LogP contribution in [-0.2, 0) is 0 Å². The first-order valence-electron chi connectivity index (χ1n) is 2.21. The van der Waals surface area contributed by atoms with Crippen LogP contribution >= 0.6 is 0 Å². The number of hydrogen-bond acceptors (Lipinski definition) is 0. The van der Waals surface area contributed by atoms with Gasteiger partial charge in [-0.25, -0.2) is 0 Å². The van der Waals surface area contributed by atoms with Crippen molar-refractivity contribution in [1.29, 1.82) is 0 Å². The topological polar surface area (TPSA) is 0 Å². The predicted octanol–water partition coefficient (Wildman–Crippen LogP) is 0.169. The number of hydrogen-bond donors (Lipinski definition) is 0. The lowest BCUT2D eigenvalue weighted by Crippen LogP contribution is -2.16. The van der Waals surface area contributed by atoms with Crippen molar-refractivity contribution in [2.24, 2.45) is 0 Å². The van der Waals surface area contributed by atoms with Crippen molar-refractivity contribution in [1.82, 2.24) is 0 Å². The highest BCUT2D eigenvalue weighted by Gasteiger charge is 1.98. The Labute approximate surface area is 45.8 Å². The standard InChI is InChI=1S/C3H6Si3/c1-2-4-6-5-3-1/h1-3H2. The Balaban J connectivity index is 2.00. The van der Waals surface area contributed by atoms with Gasteiger partial charge >= 0.3 is 0 Å². The Bertz CT molecular complexity index is 21.5. The van der Waals surface area contributed by atoms with Crippen molar-refractivity contribution in [2.45, 2.75) is 18.5 Å². The molecule has 6 heavy (non-hydrogen) atoms. The molecular weight excluding hydrogens is 120 g/mol. The van der Waals surface area contributed by atoms with E-state index in [2.05, 4.69) is 0 Å². The molecule has 0 unspecified atom stereocenters. The second-order valence-electron chi connectivity index (χ2n) is 1.33. The summed E-state index contributed by atoms with van der Waals surface area (Å²) >= 11 is 0. The number of rotatable bonds is 0. The van der Waals surface area contributed by atoms with Gasteiger partial charge in [-0.15, -0.1) is 0 Å². The summed E-state index contributed by atoms with van der Waals surface area (Å²) in [5, 5.41) is 0. The molecule has 0 bridgehead atoms. The fourth-order valence-electron chi connectivity index (χ4n) is 0.453. The summed E-state index contributed by atoms with van der Waals surface area (Å²) in [6, 6.07) is 3.09. The molecule has 0 atom stereocenters. The van der Waals surface area contributed by atoms with Crippen molar-refractivity contribution in [3.63, 3.8) is 0 Å². The van der Waals surface area contributed by atoms with Crippen LogP contribution < -0.4 is 0 Å². The zero-order valence-electron chi connectivity index (χ0n) is 3.62. The molecule has 0 N–H and O–H groups in total. The first kappa shape index (κ1) is 4.80. The van der Waals surface area contributed by atoms with E-state index in [0.717, 1.165) is 0 Å². The largest absolute Gasteiger partial charge is 0.0643 e. The van der Waals surface area contributed by atoms with Gasteiger partial charge in [0.25, 0.3) is 0 Å². The molecule has 3 heteroatoms. The SMILES string of the molecule is C1C[Si][Si][Si]C1. The fourth-order valence-corrected chi connectivity index (χ4v) is 7.45. The lowest BCUT2D eigenvalue weighted by atomic mass is 10.6. The molecule has 1 fully saturated rings. The summed E-state index contributed by atoms with van der Waals surface area (Å²) in [5.41, 5.74) is 0. The predicted molar refractivity (Wildman–Crippen MR) is 31.5 cm³/mol. The van der Waals surface area contributed by atoms with Gasteiger partial charge in [-0.2, -0.15) is 0 Å².